The van der Waals surface area contributed by atoms with Gasteiger partial charge in [-0.2, -0.15) is 0 Å². The Morgan fingerprint density at radius 2 is 1.74 bits per heavy atom. The van der Waals surface area contributed by atoms with E-state index < -0.39 is 10.8 Å². The Bertz CT molecular complexity index is 706. The van der Waals surface area contributed by atoms with E-state index in [-0.39, 0.29) is 11.3 Å². The summed E-state index contributed by atoms with van der Waals surface area (Å²) in [6.45, 7) is 0.664. The van der Waals surface area contributed by atoms with E-state index in [2.05, 4.69) is 29.6 Å². The van der Waals surface area contributed by atoms with Gasteiger partial charge in [0.15, 0.2) is 0 Å². The van der Waals surface area contributed by atoms with Crippen molar-refractivity contribution in [1.29, 1.82) is 0 Å². The Morgan fingerprint density at radius 1 is 1.09 bits per heavy atom. The highest BCUT2D eigenvalue weighted by atomic mass is 32.2. The van der Waals surface area contributed by atoms with Crippen molar-refractivity contribution in [1.82, 2.24) is 5.32 Å². The van der Waals surface area contributed by atoms with Crippen molar-refractivity contribution in [3.8, 4) is 0 Å². The summed E-state index contributed by atoms with van der Waals surface area (Å²) < 4.78 is 11.4. The number of hydrogen-bond acceptors (Lipinski definition) is 2. The molecule has 1 aliphatic rings. The smallest absolute Gasteiger partial charge is 0.251 e. The first-order chi connectivity index (χ1) is 11.1. The molecular weight excluding hydrogens is 306 g/mol. The standard InChI is InChI=1S/C19H21NO2S/c1-23(22)17-10-8-15(9-11-17)18(21)20-14-19(12-5-13-19)16-6-3-2-4-7-16/h2-4,6-11H,5,12-14H2,1H3,(H,20,21). The molecule has 23 heavy (non-hydrogen) atoms. The zero-order valence-corrected chi connectivity index (χ0v) is 14.1. The Balaban J connectivity index is 1.67. The highest BCUT2D eigenvalue weighted by Gasteiger charge is 2.38. The molecule has 0 aliphatic heterocycles. The highest BCUT2D eigenvalue weighted by molar-refractivity contribution is 7.84. The molecule has 1 unspecified atom stereocenters. The summed E-state index contributed by atoms with van der Waals surface area (Å²) in [4.78, 5) is 13.1. The Morgan fingerprint density at radius 3 is 2.26 bits per heavy atom. The largest absolute Gasteiger partial charge is 0.351 e. The zero-order chi connectivity index (χ0) is 16.3. The normalized spacial score (nSPS) is 17.1. The predicted octanol–water partition coefficient (Wildman–Crippen LogP) is 3.28. The molecule has 120 valence electrons. The molecule has 1 N–H and O–H groups in total. The molecule has 1 saturated carbocycles. The molecule has 0 saturated heterocycles. The molecular formula is C19H21NO2S. The van der Waals surface area contributed by atoms with Crippen LogP contribution in [0.25, 0.3) is 0 Å². The molecule has 2 aromatic rings. The van der Waals surface area contributed by atoms with Crippen molar-refractivity contribution in [3.63, 3.8) is 0 Å². The van der Waals surface area contributed by atoms with Gasteiger partial charge in [-0.1, -0.05) is 36.8 Å². The van der Waals surface area contributed by atoms with Crippen molar-refractivity contribution in [2.45, 2.75) is 29.6 Å². The molecule has 3 rings (SSSR count). The molecule has 4 heteroatoms. The average molecular weight is 327 g/mol. The van der Waals surface area contributed by atoms with Crippen LogP contribution in [0, 0.1) is 0 Å². The van der Waals surface area contributed by atoms with E-state index in [0.717, 1.165) is 17.7 Å². The van der Waals surface area contributed by atoms with Crippen LogP contribution in [0.5, 0.6) is 0 Å². The van der Waals surface area contributed by atoms with Crippen molar-refractivity contribution in [3.05, 3.63) is 65.7 Å². The second-order valence-electron chi connectivity index (χ2n) is 6.16. The third kappa shape index (κ3) is 3.37. The molecule has 1 amide bonds. The first-order valence-corrected chi connectivity index (χ1v) is 9.44. The lowest BCUT2D eigenvalue weighted by Crippen LogP contribution is -2.45. The van der Waals surface area contributed by atoms with Gasteiger partial charge in [0.1, 0.15) is 0 Å². The van der Waals surface area contributed by atoms with Crippen molar-refractivity contribution in [2.24, 2.45) is 0 Å². The molecule has 1 atom stereocenters. The monoisotopic (exact) mass is 327 g/mol. The van der Waals surface area contributed by atoms with E-state index >= 15 is 0 Å². The minimum absolute atomic E-state index is 0.0689. The van der Waals surface area contributed by atoms with Crippen molar-refractivity contribution < 1.29 is 9.00 Å². The number of rotatable bonds is 5. The number of carbonyl (C=O) groups excluding carboxylic acids is 1. The second-order valence-corrected chi connectivity index (χ2v) is 7.54. The number of benzene rings is 2. The van der Waals surface area contributed by atoms with Crippen molar-refractivity contribution in [2.75, 3.05) is 12.8 Å². The van der Waals surface area contributed by atoms with E-state index in [1.807, 2.05) is 6.07 Å². The molecule has 1 fully saturated rings. The van der Waals surface area contributed by atoms with Crippen LogP contribution in [0.1, 0.15) is 35.2 Å². The fraction of sp³-hybridized carbons (Fsp3) is 0.316. The molecule has 1 aliphatic carbocycles. The van der Waals surface area contributed by atoms with Gasteiger partial charge in [-0.25, -0.2) is 0 Å². The number of amides is 1. The molecule has 0 aromatic heterocycles. The SMILES string of the molecule is CS(=O)c1ccc(C(=O)NCC2(c3ccccc3)CCC2)cc1. The Kier molecular flexibility index (Phi) is 4.62. The molecule has 2 aromatic carbocycles. The molecule has 0 bridgehead atoms. The summed E-state index contributed by atoms with van der Waals surface area (Å²) in [5, 5.41) is 3.07. The summed E-state index contributed by atoms with van der Waals surface area (Å²) >= 11 is 0. The summed E-state index contributed by atoms with van der Waals surface area (Å²) in [5.74, 6) is -0.0689. The van der Waals surface area contributed by atoms with Gasteiger partial charge in [-0.3, -0.25) is 9.00 Å². The maximum Gasteiger partial charge on any atom is 0.251 e. The topological polar surface area (TPSA) is 46.2 Å². The lowest BCUT2D eigenvalue weighted by atomic mass is 9.64. The fourth-order valence-corrected chi connectivity index (χ4v) is 3.63. The third-order valence-electron chi connectivity index (χ3n) is 4.73. The first-order valence-electron chi connectivity index (χ1n) is 7.88. The van der Waals surface area contributed by atoms with Gasteiger partial charge in [-0.05, 0) is 42.7 Å². The van der Waals surface area contributed by atoms with Gasteiger partial charge in [0, 0.05) is 39.5 Å². The Labute approximate surface area is 139 Å². The quantitative estimate of drug-likeness (QED) is 0.916. The van der Waals surface area contributed by atoms with Gasteiger partial charge in [0.25, 0.3) is 5.91 Å². The zero-order valence-electron chi connectivity index (χ0n) is 13.2. The van der Waals surface area contributed by atoms with Gasteiger partial charge in [0.2, 0.25) is 0 Å². The minimum Gasteiger partial charge on any atom is -0.351 e. The van der Waals surface area contributed by atoms with Crippen LogP contribution in [-0.4, -0.2) is 22.9 Å². The number of carbonyl (C=O) groups is 1. The molecule has 0 radical (unpaired) electrons. The first kappa shape index (κ1) is 15.9. The molecule has 0 spiro atoms. The van der Waals surface area contributed by atoms with Crippen LogP contribution in [0.3, 0.4) is 0 Å². The average Bonchev–Trinajstić information content (AvgIpc) is 2.55. The van der Waals surface area contributed by atoms with Gasteiger partial charge >= 0.3 is 0 Å². The van der Waals surface area contributed by atoms with E-state index in [9.17, 15) is 9.00 Å². The maximum absolute atomic E-state index is 12.4. The van der Waals surface area contributed by atoms with Crippen LogP contribution in [0.4, 0.5) is 0 Å². The number of hydrogen-bond donors (Lipinski definition) is 1. The third-order valence-corrected chi connectivity index (χ3v) is 5.67. The van der Waals surface area contributed by atoms with Crippen LogP contribution in [-0.2, 0) is 16.2 Å². The fourth-order valence-electron chi connectivity index (χ4n) is 3.11. The van der Waals surface area contributed by atoms with E-state index in [1.165, 1.54) is 12.0 Å². The lowest BCUT2D eigenvalue weighted by Gasteiger charge is -2.42. The second kappa shape index (κ2) is 6.67. The van der Waals surface area contributed by atoms with Crippen LogP contribution in [0.2, 0.25) is 0 Å². The van der Waals surface area contributed by atoms with E-state index in [0.29, 0.717) is 12.1 Å². The van der Waals surface area contributed by atoms with Crippen molar-refractivity contribution >= 4 is 16.7 Å². The van der Waals surface area contributed by atoms with Gasteiger partial charge < -0.3 is 5.32 Å². The summed E-state index contributed by atoms with van der Waals surface area (Å²) in [6.07, 6.45) is 5.08. The Hall–Kier alpha value is -1.94. The lowest BCUT2D eigenvalue weighted by molar-refractivity contribution is 0.0928. The van der Waals surface area contributed by atoms with Crippen LogP contribution >= 0.6 is 0 Å². The molecule has 0 heterocycles. The van der Waals surface area contributed by atoms with Gasteiger partial charge in [-0.15, -0.1) is 0 Å². The maximum atomic E-state index is 12.4. The van der Waals surface area contributed by atoms with Crippen LogP contribution in [0.15, 0.2) is 59.5 Å². The minimum atomic E-state index is -1.02. The summed E-state index contributed by atoms with van der Waals surface area (Å²) in [7, 11) is -1.02. The summed E-state index contributed by atoms with van der Waals surface area (Å²) in [5.41, 5.74) is 2.01. The molecule has 3 nitrogen and oxygen atoms in total. The summed E-state index contributed by atoms with van der Waals surface area (Å²) in [6, 6.07) is 17.4. The highest BCUT2D eigenvalue weighted by Crippen LogP contribution is 2.43. The van der Waals surface area contributed by atoms with Gasteiger partial charge in [0.05, 0.1) is 0 Å². The van der Waals surface area contributed by atoms with Crippen LogP contribution < -0.4 is 5.32 Å². The van der Waals surface area contributed by atoms with E-state index in [1.54, 1.807) is 30.5 Å². The predicted molar refractivity (Wildman–Crippen MR) is 93.1 cm³/mol. The number of nitrogens with one attached hydrogen (secondary N) is 1. The van der Waals surface area contributed by atoms with E-state index in [4.69, 9.17) is 0 Å².